The third kappa shape index (κ3) is 6.38. The molecule has 0 bridgehead atoms. The van der Waals surface area contributed by atoms with E-state index in [1.165, 1.54) is 6.20 Å². The van der Waals surface area contributed by atoms with Gasteiger partial charge in [0.25, 0.3) is 0 Å². The van der Waals surface area contributed by atoms with Crippen LogP contribution in [0.5, 0.6) is 0 Å². The summed E-state index contributed by atoms with van der Waals surface area (Å²) in [6.45, 7) is -2.23. The predicted octanol–water partition coefficient (Wildman–Crippen LogP) is 8.41. The molecule has 0 saturated carbocycles. The van der Waals surface area contributed by atoms with Gasteiger partial charge in [-0.2, -0.15) is 24.3 Å². The molecule has 4 nitrogen and oxygen atoms in total. The number of nitrogens with zero attached hydrogens (tertiary/aromatic N) is 4. The van der Waals surface area contributed by atoms with Crippen molar-refractivity contribution < 1.29 is 25.6 Å². The van der Waals surface area contributed by atoms with E-state index >= 15 is 0 Å². The summed E-state index contributed by atoms with van der Waals surface area (Å²) < 4.78 is 33.1. The summed E-state index contributed by atoms with van der Waals surface area (Å²) in [7, 11) is 0. The van der Waals surface area contributed by atoms with Crippen molar-refractivity contribution in [3.63, 3.8) is 0 Å². The zero-order valence-electron chi connectivity index (χ0n) is 25.8. The Bertz CT molecular complexity index is 2010. The molecule has 41 heavy (non-hydrogen) atoms. The first-order valence-electron chi connectivity index (χ1n) is 14.8. The minimum atomic E-state index is -2.23. The zero-order chi connectivity index (χ0) is 30.5. The molecule has 201 valence electrons. The van der Waals surface area contributed by atoms with Crippen LogP contribution in [-0.4, -0.2) is 19.5 Å². The quantitative estimate of drug-likeness (QED) is 0.173. The largest absolute Gasteiger partial charge is 0.308 e. The second-order valence-corrected chi connectivity index (χ2v) is 8.98. The van der Waals surface area contributed by atoms with Crippen molar-refractivity contribution in [2.75, 3.05) is 0 Å². The van der Waals surface area contributed by atoms with Crippen LogP contribution in [0.15, 0.2) is 140 Å². The number of aryl methyl sites for hydroxylation is 1. The van der Waals surface area contributed by atoms with E-state index in [0.717, 1.165) is 33.5 Å². The Balaban J connectivity index is 0.000000200. The maximum atomic E-state index is 7.87. The minimum Gasteiger partial charge on any atom is -0.308 e. The van der Waals surface area contributed by atoms with Crippen LogP contribution in [0, 0.1) is 19.0 Å². The molecule has 0 spiro atoms. The van der Waals surface area contributed by atoms with Crippen molar-refractivity contribution in [2.45, 2.75) is 6.85 Å². The average molecular weight is 711 g/mol. The topological polar surface area (TPSA) is 43.6 Å². The molecule has 7 aromatic rings. The molecule has 1 radical (unpaired) electrons. The number of imidazole rings is 1. The number of hydrogen-bond donors (Lipinski definition) is 0. The molecule has 0 aliphatic carbocycles. The minimum absolute atomic E-state index is 0. The molecule has 0 aliphatic heterocycles. The Morgan fingerprint density at radius 1 is 0.707 bits per heavy atom. The van der Waals surface area contributed by atoms with Crippen molar-refractivity contribution in [2.24, 2.45) is 0 Å². The fraction of sp³-hybridized carbons (Fsp3) is 0.0278. The Morgan fingerprint density at radius 3 is 2.24 bits per heavy atom. The van der Waals surface area contributed by atoms with E-state index in [-0.39, 0.29) is 32.0 Å². The summed E-state index contributed by atoms with van der Waals surface area (Å²) in [5.41, 5.74) is 7.69. The van der Waals surface area contributed by atoms with Crippen molar-refractivity contribution in [3.8, 4) is 39.2 Å². The maximum Gasteiger partial charge on any atom is 0.162 e. The van der Waals surface area contributed by atoms with Crippen LogP contribution in [0.1, 0.15) is 11.0 Å². The van der Waals surface area contributed by atoms with Crippen LogP contribution in [0.2, 0.25) is 0 Å². The van der Waals surface area contributed by atoms with E-state index in [4.69, 9.17) is 5.48 Å². The van der Waals surface area contributed by atoms with E-state index in [0.29, 0.717) is 16.9 Å². The first-order chi connectivity index (χ1) is 21.4. The number of hydrogen-bond acceptors (Lipinski definition) is 3. The number of benzene rings is 4. The molecular formula is C36H26IrN4-2. The third-order valence-electron chi connectivity index (χ3n) is 6.36. The van der Waals surface area contributed by atoms with Gasteiger partial charge in [-0.1, -0.05) is 72.4 Å². The van der Waals surface area contributed by atoms with Crippen molar-refractivity contribution in [3.05, 3.63) is 158 Å². The fourth-order valence-corrected chi connectivity index (χ4v) is 4.37. The summed E-state index contributed by atoms with van der Waals surface area (Å²) in [4.78, 5) is 12.8. The third-order valence-corrected chi connectivity index (χ3v) is 6.36. The molecule has 3 aromatic heterocycles. The van der Waals surface area contributed by atoms with Gasteiger partial charge in [0.2, 0.25) is 0 Å². The van der Waals surface area contributed by atoms with Gasteiger partial charge in [-0.3, -0.25) is 0 Å². The van der Waals surface area contributed by atoms with E-state index in [1.807, 2.05) is 109 Å². The van der Waals surface area contributed by atoms with Crippen LogP contribution in [0.25, 0.3) is 50.4 Å². The first kappa shape index (κ1) is 23.0. The Labute approximate surface area is 259 Å². The Kier molecular flexibility index (Phi) is 7.37. The number of fused-ring (bicyclic) bond motifs is 1. The van der Waals surface area contributed by atoms with E-state index in [9.17, 15) is 0 Å². The summed E-state index contributed by atoms with van der Waals surface area (Å²) in [5.74, 6) is 0. The molecule has 0 N–H and O–H groups in total. The zero-order valence-corrected chi connectivity index (χ0v) is 24.2. The van der Waals surface area contributed by atoms with Crippen molar-refractivity contribution in [1.82, 2.24) is 19.5 Å². The molecule has 0 aliphatic rings. The standard InChI is InChI=1S/C24H18N.C12H8N3.Ir/c1-18-17-25-24(16-23(18)20-11-6-3-7-12-20)22-14-8-13-21(15-22)19-9-4-2-5-10-19;1-2-5-10(6-3-1)15-9-14-11-7-4-8-13-12(11)15;/h2-13,15-17H,1H3;1-5,7-9H;/q2*-1;/i1D3;9D;. The molecule has 0 amide bonds. The number of aromatic nitrogens is 4. The Hall–Kier alpha value is -4.70. The normalized spacial score (nSPS) is 12.1. The fourth-order valence-electron chi connectivity index (χ4n) is 4.37. The molecule has 7 rings (SSSR count). The molecule has 3 heterocycles. The van der Waals surface area contributed by atoms with Gasteiger partial charge in [0.15, 0.2) is 5.65 Å². The smallest absolute Gasteiger partial charge is 0.162 e. The predicted molar refractivity (Wildman–Crippen MR) is 162 cm³/mol. The second-order valence-electron chi connectivity index (χ2n) is 8.98. The number of rotatable bonds is 4. The SMILES string of the molecule is [2H]C([2H])([2H])c1cnc(-c2[c-]ccc(-c3ccccc3)c2)cc1-c1ccccc1.[2H]c1nc2cccnc2n1-c1[c-]cccc1.[Ir]. The van der Waals surface area contributed by atoms with Crippen LogP contribution in [0.3, 0.4) is 0 Å². The van der Waals surface area contributed by atoms with Gasteiger partial charge >= 0.3 is 0 Å². The average Bonchev–Trinajstić information content (AvgIpc) is 3.41. The van der Waals surface area contributed by atoms with Gasteiger partial charge in [0, 0.05) is 36.6 Å². The van der Waals surface area contributed by atoms with Crippen molar-refractivity contribution in [1.29, 1.82) is 0 Å². The number of para-hydroxylation sites is 1. The first-order valence-corrected chi connectivity index (χ1v) is 12.8. The maximum absolute atomic E-state index is 7.87. The van der Waals surface area contributed by atoms with Crippen LogP contribution in [0.4, 0.5) is 0 Å². The summed E-state index contributed by atoms with van der Waals surface area (Å²) in [6.07, 6.45) is 3.34. The molecule has 0 saturated heterocycles. The second kappa shape index (κ2) is 13.1. The van der Waals surface area contributed by atoms with E-state index in [1.54, 1.807) is 10.8 Å². The van der Waals surface area contributed by atoms with Gasteiger partial charge < -0.3 is 9.55 Å². The van der Waals surface area contributed by atoms with Crippen LogP contribution >= 0.6 is 0 Å². The van der Waals surface area contributed by atoms with Gasteiger partial charge in [0.05, 0.1) is 6.30 Å². The van der Waals surface area contributed by atoms with Gasteiger partial charge in [-0.15, -0.1) is 41.5 Å². The summed E-state index contributed by atoms with van der Waals surface area (Å²) in [6, 6.07) is 44.8. The molecule has 0 atom stereocenters. The van der Waals surface area contributed by atoms with E-state index < -0.39 is 6.85 Å². The van der Waals surface area contributed by atoms with Crippen LogP contribution < -0.4 is 0 Å². The van der Waals surface area contributed by atoms with Crippen LogP contribution in [-0.2, 0) is 20.1 Å². The Morgan fingerprint density at radius 2 is 1.49 bits per heavy atom. The van der Waals surface area contributed by atoms with E-state index in [2.05, 4.69) is 39.2 Å². The van der Waals surface area contributed by atoms with Gasteiger partial charge in [0.1, 0.15) is 6.89 Å². The van der Waals surface area contributed by atoms with Gasteiger partial charge in [-0.25, -0.2) is 9.97 Å². The number of pyridine rings is 2. The van der Waals surface area contributed by atoms with Gasteiger partial charge in [-0.05, 0) is 46.9 Å². The molecule has 0 unspecified atom stereocenters. The molecular weight excluding hydrogens is 681 g/mol. The monoisotopic (exact) mass is 711 g/mol. The molecule has 0 fully saturated rings. The van der Waals surface area contributed by atoms with Crippen molar-refractivity contribution >= 4 is 11.2 Å². The summed E-state index contributed by atoms with van der Waals surface area (Å²) in [5, 5.41) is 0. The molecule has 4 aromatic carbocycles. The summed E-state index contributed by atoms with van der Waals surface area (Å²) >= 11 is 0. The molecule has 5 heteroatoms.